The van der Waals surface area contributed by atoms with Crippen molar-refractivity contribution in [1.29, 1.82) is 0 Å². The fourth-order valence-electron chi connectivity index (χ4n) is 7.51. The number of hydrogen-bond donors (Lipinski definition) is 3. The van der Waals surface area contributed by atoms with E-state index in [0.29, 0.717) is 0 Å². The van der Waals surface area contributed by atoms with Crippen LogP contribution in [0.5, 0.6) is 0 Å². The fraction of sp³-hybridized carbons (Fsp3) is 0.763. The highest BCUT2D eigenvalue weighted by Gasteiger charge is 2.63. The molecule has 0 saturated heterocycles. The first-order valence-corrected chi connectivity index (χ1v) is 20.2. The number of carbonyl (C=O) groups excluding carboxylic acids is 4. The van der Waals surface area contributed by atoms with Gasteiger partial charge in [0.1, 0.15) is 12.1 Å². The van der Waals surface area contributed by atoms with Crippen LogP contribution in [0.2, 0.25) is 0 Å². The van der Waals surface area contributed by atoms with Gasteiger partial charge in [0.05, 0.1) is 6.04 Å². The van der Waals surface area contributed by atoms with E-state index in [1.54, 1.807) is 0 Å². The number of carbonyl (C=O) groups is 7. The first-order chi connectivity index (χ1) is 29.4. The van der Waals surface area contributed by atoms with Crippen LogP contribution in [0.25, 0.3) is 0 Å². The summed E-state index contributed by atoms with van der Waals surface area (Å²) in [5, 5.41) is 30.3. The third-order valence-corrected chi connectivity index (χ3v) is 10.6. The maximum absolute atomic E-state index is 14.4. The van der Waals surface area contributed by atoms with Crippen LogP contribution < -0.4 is 0 Å². The number of unbranched alkanes of at least 4 members (excludes halogenated alkanes) is 4. The van der Waals surface area contributed by atoms with Gasteiger partial charge in [0.2, 0.25) is 0 Å². The zero-order valence-electron chi connectivity index (χ0n) is 35.1. The van der Waals surface area contributed by atoms with Crippen LogP contribution in [-0.2, 0) is 33.6 Å². The second-order valence-corrected chi connectivity index (χ2v) is 15.1. The van der Waals surface area contributed by atoms with Crippen molar-refractivity contribution in [1.82, 2.24) is 19.6 Å². The van der Waals surface area contributed by atoms with Crippen molar-refractivity contribution >= 4 is 41.5 Å². The Balaban J connectivity index is 4.08. The van der Waals surface area contributed by atoms with Crippen molar-refractivity contribution in [3.8, 4) is 0 Å². The molecule has 0 aromatic carbocycles. The van der Waals surface area contributed by atoms with Gasteiger partial charge in [-0.15, -0.1) is 0 Å². The highest BCUT2D eigenvalue weighted by molar-refractivity contribution is 5.92. The van der Waals surface area contributed by atoms with Gasteiger partial charge in [-0.05, 0) is 70.6 Å². The first kappa shape index (κ1) is 57.2. The summed E-state index contributed by atoms with van der Waals surface area (Å²) in [6, 6.07) is -6.91. The summed E-state index contributed by atoms with van der Waals surface area (Å²) in [4.78, 5) is 87.9. The summed E-state index contributed by atoms with van der Waals surface area (Å²) in [6.45, 7) is 0.542. The van der Waals surface area contributed by atoms with E-state index in [1.807, 2.05) is 0 Å². The zero-order valence-corrected chi connectivity index (χ0v) is 35.1. The minimum Gasteiger partial charge on any atom is -0.480 e. The Hall–Kier alpha value is -4.81. The standard InChI is InChI=1S/C38H52F12N4O10/c1-4-7-19-51(29(59)35(39,40)41)24(27(55)56)14-11-10-13-23(16-17-25(28(57)58)52(20-8-5-2)30(60)36(42,43)44)22-53(31(61)37(45,46)47)26-15-12-18-34(26,33(63)64)54(21-9-6-3)32(62)38(48,49)50/h13,24-26H,4-12,14-22H2,1-3H3,(H,55,56)(H,57,58)(H,63,64)/b23-13+. The van der Waals surface area contributed by atoms with E-state index in [1.165, 1.54) is 20.8 Å². The molecule has 14 nitrogen and oxygen atoms in total. The van der Waals surface area contributed by atoms with Crippen molar-refractivity contribution in [3.05, 3.63) is 11.6 Å². The Labute approximate surface area is 359 Å². The number of rotatable bonds is 25. The molecule has 1 fully saturated rings. The molecule has 1 saturated carbocycles. The summed E-state index contributed by atoms with van der Waals surface area (Å²) in [6.07, 6.45) is -28.1. The largest absolute Gasteiger partial charge is 0.480 e. The number of nitrogens with zero attached hydrogens (tertiary/aromatic N) is 4. The highest BCUT2D eigenvalue weighted by Crippen LogP contribution is 2.43. The van der Waals surface area contributed by atoms with Crippen molar-refractivity contribution < 1.29 is 102 Å². The van der Waals surface area contributed by atoms with Crippen LogP contribution in [0.4, 0.5) is 52.7 Å². The first-order valence-electron chi connectivity index (χ1n) is 20.2. The van der Waals surface area contributed by atoms with E-state index in [-0.39, 0.29) is 58.1 Å². The molecule has 0 bridgehead atoms. The Morgan fingerprint density at radius 3 is 1.42 bits per heavy atom. The molecule has 0 aromatic rings. The molecule has 368 valence electrons. The Kier molecular flexibility index (Phi) is 21.4. The Morgan fingerprint density at radius 2 is 1.03 bits per heavy atom. The lowest BCUT2D eigenvalue weighted by molar-refractivity contribution is -0.202. The summed E-state index contributed by atoms with van der Waals surface area (Å²) >= 11 is 0. The molecule has 1 aliphatic rings. The van der Waals surface area contributed by atoms with E-state index in [9.17, 15) is 102 Å². The minimum atomic E-state index is -5.92. The Bertz CT molecular complexity index is 1670. The van der Waals surface area contributed by atoms with Gasteiger partial charge in [0, 0.05) is 26.2 Å². The van der Waals surface area contributed by atoms with Crippen molar-refractivity contribution in [2.45, 2.75) is 159 Å². The monoisotopic (exact) mass is 952 g/mol. The topological polar surface area (TPSA) is 193 Å². The lowest BCUT2D eigenvalue weighted by Gasteiger charge is -2.46. The normalized spacial score (nSPS) is 18.2. The molecule has 1 aliphatic carbocycles. The van der Waals surface area contributed by atoms with Gasteiger partial charge in [-0.1, -0.05) is 51.7 Å². The molecule has 4 unspecified atom stereocenters. The van der Waals surface area contributed by atoms with Crippen LogP contribution in [0.15, 0.2) is 11.6 Å². The number of alkyl halides is 12. The zero-order chi connectivity index (χ0) is 49.6. The number of allylic oxidation sites excluding steroid dienone is 1. The maximum atomic E-state index is 14.4. The predicted octanol–water partition coefficient (Wildman–Crippen LogP) is 7.11. The van der Waals surface area contributed by atoms with Gasteiger partial charge in [-0.2, -0.15) is 52.7 Å². The lowest BCUT2D eigenvalue weighted by Crippen LogP contribution is -2.68. The van der Waals surface area contributed by atoms with Crippen LogP contribution in [0.3, 0.4) is 0 Å². The number of carboxylic acids is 3. The molecular formula is C38H52F12N4O10. The molecule has 4 amide bonds. The molecule has 64 heavy (non-hydrogen) atoms. The average molecular weight is 953 g/mol. The molecular weight excluding hydrogens is 900 g/mol. The molecule has 4 atom stereocenters. The molecule has 1 rings (SSSR count). The number of carboxylic acid groups (broad SMARTS) is 3. The average Bonchev–Trinajstić information content (AvgIpc) is 3.62. The summed E-state index contributed by atoms with van der Waals surface area (Å²) in [5.41, 5.74) is -3.72. The van der Waals surface area contributed by atoms with Gasteiger partial charge >= 0.3 is 66.2 Å². The van der Waals surface area contributed by atoms with E-state index >= 15 is 0 Å². The third kappa shape index (κ3) is 15.4. The summed E-state index contributed by atoms with van der Waals surface area (Å²) in [7, 11) is 0. The maximum Gasteiger partial charge on any atom is 0.471 e. The van der Waals surface area contributed by atoms with Crippen LogP contribution in [0.1, 0.15) is 111 Å². The molecule has 0 aromatic heterocycles. The summed E-state index contributed by atoms with van der Waals surface area (Å²) in [5.74, 6) is -16.9. The number of aliphatic carboxylic acids is 3. The van der Waals surface area contributed by atoms with Gasteiger partial charge in [0.15, 0.2) is 5.54 Å². The minimum absolute atomic E-state index is 0.0400. The van der Waals surface area contributed by atoms with Crippen LogP contribution in [0, 0.1) is 0 Å². The molecule has 0 radical (unpaired) electrons. The molecule has 26 heteroatoms. The van der Waals surface area contributed by atoms with Crippen molar-refractivity contribution in [2.24, 2.45) is 0 Å². The van der Waals surface area contributed by atoms with E-state index in [2.05, 4.69) is 0 Å². The van der Waals surface area contributed by atoms with E-state index < -0.39 is 173 Å². The molecule has 0 spiro atoms. The summed E-state index contributed by atoms with van der Waals surface area (Å²) < 4.78 is 167. The van der Waals surface area contributed by atoms with Gasteiger partial charge < -0.3 is 34.9 Å². The number of hydrogen-bond acceptors (Lipinski definition) is 7. The van der Waals surface area contributed by atoms with Crippen molar-refractivity contribution in [3.63, 3.8) is 0 Å². The SMILES string of the molecule is CCCCN(C(=O)C(F)(F)F)C(CCC/C=C(\CCC(C(=O)O)N(CCCC)C(=O)C(F)(F)F)CN(C(=O)C(F)(F)F)C1CCCC1(C(=O)O)N(CCCC)C(=O)C(F)(F)F)C(=O)O. The third-order valence-electron chi connectivity index (χ3n) is 10.6. The van der Waals surface area contributed by atoms with Gasteiger partial charge in [0.25, 0.3) is 0 Å². The van der Waals surface area contributed by atoms with E-state index in [0.717, 1.165) is 6.08 Å². The van der Waals surface area contributed by atoms with Crippen LogP contribution in [-0.4, -0.2) is 151 Å². The van der Waals surface area contributed by atoms with E-state index in [4.69, 9.17) is 0 Å². The molecule has 3 N–H and O–H groups in total. The molecule has 0 heterocycles. The Morgan fingerprint density at radius 1 is 0.609 bits per heavy atom. The van der Waals surface area contributed by atoms with Gasteiger partial charge in [-0.25, -0.2) is 14.4 Å². The number of halogens is 12. The smallest absolute Gasteiger partial charge is 0.471 e. The van der Waals surface area contributed by atoms with Crippen molar-refractivity contribution in [2.75, 3.05) is 26.2 Å². The van der Waals surface area contributed by atoms with Crippen LogP contribution >= 0.6 is 0 Å². The van der Waals surface area contributed by atoms with Gasteiger partial charge in [-0.3, -0.25) is 19.2 Å². The second kappa shape index (κ2) is 23.9. The number of amides is 4. The highest BCUT2D eigenvalue weighted by atomic mass is 19.4. The lowest BCUT2D eigenvalue weighted by atomic mass is 9.87. The molecule has 0 aliphatic heterocycles. The fourth-order valence-corrected chi connectivity index (χ4v) is 7.51. The quantitative estimate of drug-likeness (QED) is 0.0483. The second-order valence-electron chi connectivity index (χ2n) is 15.1. The predicted molar refractivity (Wildman–Crippen MR) is 198 cm³/mol.